The molecule has 0 aliphatic heterocycles. The van der Waals surface area contributed by atoms with Crippen LogP contribution in [0.25, 0.3) is 5.65 Å². The zero-order valence-corrected chi connectivity index (χ0v) is 14.0. The fourth-order valence-electron chi connectivity index (χ4n) is 2.32. The third-order valence-electron chi connectivity index (χ3n) is 3.52. The average molecular weight is 410 g/mol. The zero-order valence-electron chi connectivity index (χ0n) is 14.0. The molecule has 0 bridgehead atoms. The van der Waals surface area contributed by atoms with E-state index in [1.54, 1.807) is 0 Å². The van der Waals surface area contributed by atoms with Crippen LogP contribution in [0.3, 0.4) is 0 Å². The third-order valence-corrected chi connectivity index (χ3v) is 3.52. The van der Waals surface area contributed by atoms with E-state index < -0.39 is 53.4 Å². The Morgan fingerprint density at radius 3 is 2.43 bits per heavy atom. The highest BCUT2D eigenvalue weighted by atomic mass is 19.4. The number of halogens is 6. The standard InChI is InChI=1S/C15H12F6N4O3/c1-6-2-3-25-8(4-6)24-10(15(19,20)21)9(12(25)26)11(22)23-7(13(27)28)5-14(16,17)18/h2-4,7H,5H2,1H3,(H2,22,23)(H,27,28). The van der Waals surface area contributed by atoms with Crippen molar-refractivity contribution in [2.24, 2.45) is 10.7 Å². The summed E-state index contributed by atoms with van der Waals surface area (Å²) >= 11 is 0. The van der Waals surface area contributed by atoms with Gasteiger partial charge in [-0.15, -0.1) is 0 Å². The highest BCUT2D eigenvalue weighted by Crippen LogP contribution is 2.30. The summed E-state index contributed by atoms with van der Waals surface area (Å²) < 4.78 is 78.2. The number of nitrogens with zero attached hydrogens (tertiary/aromatic N) is 3. The molecule has 0 fully saturated rings. The molecule has 3 N–H and O–H groups in total. The second kappa shape index (κ2) is 7.13. The van der Waals surface area contributed by atoms with Gasteiger partial charge >= 0.3 is 18.3 Å². The predicted molar refractivity (Wildman–Crippen MR) is 84.0 cm³/mol. The first-order valence-corrected chi connectivity index (χ1v) is 7.44. The Labute approximate surface area is 152 Å². The maximum atomic E-state index is 13.4. The fourth-order valence-corrected chi connectivity index (χ4v) is 2.32. The SMILES string of the molecule is Cc1ccn2c(=O)c(C(N)=NC(CC(F)(F)F)C(=O)O)c(C(F)(F)F)nc2c1. The van der Waals surface area contributed by atoms with Gasteiger partial charge in [0, 0.05) is 6.20 Å². The molecule has 28 heavy (non-hydrogen) atoms. The van der Waals surface area contributed by atoms with Crippen LogP contribution in [0.1, 0.15) is 23.2 Å². The van der Waals surface area contributed by atoms with Gasteiger partial charge < -0.3 is 10.8 Å². The van der Waals surface area contributed by atoms with Crippen LogP contribution in [0.15, 0.2) is 28.1 Å². The Bertz CT molecular complexity index is 1010. The van der Waals surface area contributed by atoms with Crippen molar-refractivity contribution in [2.45, 2.75) is 31.7 Å². The first-order chi connectivity index (χ1) is 12.7. The first-order valence-electron chi connectivity index (χ1n) is 7.44. The van der Waals surface area contributed by atoms with Crippen LogP contribution in [0.5, 0.6) is 0 Å². The van der Waals surface area contributed by atoms with E-state index in [1.807, 2.05) is 0 Å². The molecule has 0 aliphatic rings. The Kier molecular flexibility index (Phi) is 5.39. The maximum absolute atomic E-state index is 13.4. The van der Waals surface area contributed by atoms with Gasteiger partial charge in [0.05, 0.1) is 6.42 Å². The molecule has 7 nitrogen and oxygen atoms in total. The van der Waals surface area contributed by atoms with E-state index in [9.17, 15) is 35.9 Å². The van der Waals surface area contributed by atoms with Gasteiger partial charge in [0.1, 0.15) is 17.0 Å². The molecule has 152 valence electrons. The van der Waals surface area contributed by atoms with E-state index >= 15 is 0 Å². The Hall–Kier alpha value is -3.12. The first kappa shape index (κ1) is 21.2. The minimum atomic E-state index is -5.20. The van der Waals surface area contributed by atoms with Gasteiger partial charge in [0.15, 0.2) is 11.7 Å². The van der Waals surface area contributed by atoms with Crippen LogP contribution in [0.2, 0.25) is 0 Å². The normalized spacial score (nSPS) is 14.3. The minimum absolute atomic E-state index is 0.376. The topological polar surface area (TPSA) is 110 Å². The third kappa shape index (κ3) is 4.58. The van der Waals surface area contributed by atoms with Crippen molar-refractivity contribution in [3.63, 3.8) is 0 Å². The molecule has 0 saturated heterocycles. The van der Waals surface area contributed by atoms with Gasteiger partial charge in [-0.05, 0) is 24.6 Å². The van der Waals surface area contributed by atoms with Crippen molar-refractivity contribution in [1.29, 1.82) is 0 Å². The molecule has 1 atom stereocenters. The summed E-state index contributed by atoms with van der Waals surface area (Å²) in [6.07, 6.45) is -11.1. The lowest BCUT2D eigenvalue weighted by Gasteiger charge is -2.15. The number of rotatable bonds is 4. The van der Waals surface area contributed by atoms with Crippen molar-refractivity contribution in [1.82, 2.24) is 9.38 Å². The number of hydrogen-bond donors (Lipinski definition) is 2. The number of nitrogens with two attached hydrogens (primary N) is 1. The molecule has 0 aromatic carbocycles. The van der Waals surface area contributed by atoms with Gasteiger partial charge in [0.25, 0.3) is 5.56 Å². The summed E-state index contributed by atoms with van der Waals surface area (Å²) in [6, 6.07) is 0.0286. The number of amidine groups is 1. The van der Waals surface area contributed by atoms with Crippen LogP contribution in [0.4, 0.5) is 26.3 Å². The number of alkyl halides is 6. The molecule has 2 aromatic rings. The van der Waals surface area contributed by atoms with Crippen LogP contribution in [-0.4, -0.2) is 38.5 Å². The van der Waals surface area contributed by atoms with Crippen LogP contribution >= 0.6 is 0 Å². The number of hydrogen-bond acceptors (Lipinski definition) is 4. The average Bonchev–Trinajstić information content (AvgIpc) is 2.51. The number of carbonyl (C=O) groups is 1. The van der Waals surface area contributed by atoms with E-state index in [4.69, 9.17) is 10.8 Å². The van der Waals surface area contributed by atoms with Gasteiger partial charge in [-0.25, -0.2) is 9.78 Å². The van der Waals surface area contributed by atoms with Crippen molar-refractivity contribution >= 4 is 17.5 Å². The summed E-state index contributed by atoms with van der Waals surface area (Å²) in [7, 11) is 0. The second-order valence-electron chi connectivity index (χ2n) is 5.76. The number of aliphatic imine (C=N–C) groups is 1. The van der Waals surface area contributed by atoms with Crippen molar-refractivity contribution in [3.05, 3.63) is 45.5 Å². The Morgan fingerprint density at radius 2 is 1.93 bits per heavy atom. The molecule has 0 amide bonds. The second-order valence-corrected chi connectivity index (χ2v) is 5.76. The quantitative estimate of drug-likeness (QED) is 0.456. The van der Waals surface area contributed by atoms with E-state index in [0.29, 0.717) is 9.96 Å². The van der Waals surface area contributed by atoms with E-state index in [-0.39, 0.29) is 5.65 Å². The molecule has 13 heteroatoms. The van der Waals surface area contributed by atoms with E-state index in [2.05, 4.69) is 9.98 Å². The molecular weight excluding hydrogens is 398 g/mol. The lowest BCUT2D eigenvalue weighted by Crippen LogP contribution is -2.35. The molecule has 0 radical (unpaired) electrons. The van der Waals surface area contributed by atoms with Gasteiger partial charge in [0.2, 0.25) is 0 Å². The molecule has 0 aliphatic carbocycles. The Morgan fingerprint density at radius 1 is 1.32 bits per heavy atom. The highest BCUT2D eigenvalue weighted by Gasteiger charge is 2.40. The van der Waals surface area contributed by atoms with Crippen LogP contribution < -0.4 is 11.3 Å². The van der Waals surface area contributed by atoms with Crippen molar-refractivity contribution in [2.75, 3.05) is 0 Å². The Balaban J connectivity index is 2.76. The van der Waals surface area contributed by atoms with Gasteiger partial charge in [-0.1, -0.05) is 0 Å². The van der Waals surface area contributed by atoms with E-state index in [1.165, 1.54) is 19.1 Å². The number of aryl methyl sites for hydroxylation is 1. The fraction of sp³-hybridized carbons (Fsp3) is 0.333. The predicted octanol–water partition coefficient (Wildman–Crippen LogP) is 2.13. The highest BCUT2D eigenvalue weighted by molar-refractivity contribution is 5.99. The summed E-state index contributed by atoms with van der Waals surface area (Å²) in [5.41, 5.74) is 0.992. The lowest BCUT2D eigenvalue weighted by atomic mass is 10.1. The number of aromatic nitrogens is 2. The smallest absolute Gasteiger partial charge is 0.434 e. The molecule has 2 rings (SSSR count). The van der Waals surface area contributed by atoms with Gasteiger partial charge in [-0.3, -0.25) is 14.2 Å². The number of carboxylic acids is 1. The monoisotopic (exact) mass is 410 g/mol. The summed E-state index contributed by atoms with van der Waals surface area (Å²) in [5, 5.41) is 8.85. The summed E-state index contributed by atoms with van der Waals surface area (Å²) in [6.45, 7) is 1.54. The van der Waals surface area contributed by atoms with Gasteiger partial charge in [-0.2, -0.15) is 26.3 Å². The number of carboxylic acid groups (broad SMARTS) is 1. The molecule has 2 heterocycles. The largest absolute Gasteiger partial charge is 0.480 e. The zero-order chi connectivity index (χ0) is 21.4. The summed E-state index contributed by atoms with van der Waals surface area (Å²) in [4.78, 5) is 29.8. The molecule has 1 unspecified atom stereocenters. The lowest BCUT2D eigenvalue weighted by molar-refractivity contribution is -0.156. The van der Waals surface area contributed by atoms with E-state index in [0.717, 1.165) is 6.20 Å². The number of aliphatic carboxylic acids is 1. The maximum Gasteiger partial charge on any atom is 0.434 e. The van der Waals surface area contributed by atoms with Crippen LogP contribution in [-0.2, 0) is 11.0 Å². The summed E-state index contributed by atoms with van der Waals surface area (Å²) in [5.74, 6) is -3.38. The molecule has 0 saturated carbocycles. The molecule has 0 spiro atoms. The molecular formula is C15H12F6N4O3. The minimum Gasteiger partial charge on any atom is -0.480 e. The molecule has 2 aromatic heterocycles. The van der Waals surface area contributed by atoms with Crippen molar-refractivity contribution < 1.29 is 36.2 Å². The number of fused-ring (bicyclic) bond motifs is 1. The number of pyridine rings is 1. The van der Waals surface area contributed by atoms with Crippen LogP contribution in [0, 0.1) is 6.92 Å². The van der Waals surface area contributed by atoms with Crippen molar-refractivity contribution in [3.8, 4) is 0 Å².